The second kappa shape index (κ2) is 9.10. The topological polar surface area (TPSA) is 70.2 Å². The van der Waals surface area contributed by atoms with E-state index < -0.39 is 0 Å². The Labute approximate surface area is 168 Å². The van der Waals surface area contributed by atoms with E-state index in [4.69, 9.17) is 0 Å². The van der Waals surface area contributed by atoms with Crippen molar-refractivity contribution >= 4 is 35.0 Å². The van der Waals surface area contributed by atoms with E-state index in [0.29, 0.717) is 22.8 Å². The minimum atomic E-state index is -0.383. The Morgan fingerprint density at radius 2 is 2.07 bits per heavy atom. The van der Waals surface area contributed by atoms with Gasteiger partial charge in [-0.05, 0) is 49.2 Å². The number of thioether (sulfide) groups is 1. The van der Waals surface area contributed by atoms with Crippen LogP contribution in [0.25, 0.3) is 0 Å². The molecule has 0 saturated heterocycles. The molecule has 1 aliphatic rings. The Balaban J connectivity index is 1.60. The first-order valence-corrected chi connectivity index (χ1v) is 10.5. The number of nitrogens with one attached hydrogen (secondary N) is 3. The number of benzene rings is 2. The number of hydrogen-bond donors (Lipinski definition) is 3. The van der Waals surface area contributed by atoms with Crippen molar-refractivity contribution in [3.8, 4) is 0 Å². The van der Waals surface area contributed by atoms with Crippen LogP contribution in [-0.4, -0.2) is 29.7 Å². The predicted octanol–water partition coefficient (Wildman–Crippen LogP) is 4.02. The molecule has 0 spiro atoms. The highest BCUT2D eigenvalue weighted by molar-refractivity contribution is 7.98. The summed E-state index contributed by atoms with van der Waals surface area (Å²) >= 11 is 1.56. The van der Waals surface area contributed by atoms with Crippen LogP contribution in [0.15, 0.2) is 42.5 Å². The summed E-state index contributed by atoms with van der Waals surface area (Å²) in [6, 6.07) is 11.4. The van der Waals surface area contributed by atoms with Crippen molar-refractivity contribution in [3.63, 3.8) is 0 Å². The van der Waals surface area contributed by atoms with Crippen molar-refractivity contribution in [1.82, 2.24) is 5.32 Å². The molecule has 2 atom stereocenters. The Kier molecular flexibility index (Phi) is 6.57. The van der Waals surface area contributed by atoms with Crippen molar-refractivity contribution in [2.24, 2.45) is 0 Å². The molecule has 0 aliphatic carbocycles. The number of halogens is 1. The van der Waals surface area contributed by atoms with Gasteiger partial charge in [0, 0.05) is 23.1 Å². The molecule has 7 heteroatoms. The largest absolute Gasteiger partial charge is 0.371 e. The molecule has 2 unspecified atom stereocenters. The van der Waals surface area contributed by atoms with Crippen LogP contribution in [-0.2, 0) is 10.5 Å². The zero-order valence-electron chi connectivity index (χ0n) is 15.9. The summed E-state index contributed by atoms with van der Waals surface area (Å²) in [4.78, 5) is 24.7. The standard InChI is InChI=1S/C21H24FN3O2S/c1-3-13(2)23-20(26)15-7-8-17-18(10-15)25-21(27)19(24-17)12-28-11-14-5-4-6-16(22)9-14/h4-10,13,19,24H,3,11-12H2,1-2H3,(H,23,26)(H,25,27). The van der Waals surface area contributed by atoms with Crippen LogP contribution in [0.4, 0.5) is 15.8 Å². The maximum Gasteiger partial charge on any atom is 0.251 e. The van der Waals surface area contributed by atoms with Crippen molar-refractivity contribution in [2.45, 2.75) is 38.1 Å². The van der Waals surface area contributed by atoms with Gasteiger partial charge >= 0.3 is 0 Å². The summed E-state index contributed by atoms with van der Waals surface area (Å²) in [5.41, 5.74) is 2.79. The number of carbonyl (C=O) groups is 2. The molecular formula is C21H24FN3O2S. The van der Waals surface area contributed by atoms with Crippen LogP contribution in [0.3, 0.4) is 0 Å². The lowest BCUT2D eigenvalue weighted by atomic mass is 10.1. The summed E-state index contributed by atoms with van der Waals surface area (Å²) in [6.07, 6.45) is 0.851. The summed E-state index contributed by atoms with van der Waals surface area (Å²) in [5, 5.41) is 9.02. The van der Waals surface area contributed by atoms with E-state index in [1.807, 2.05) is 26.0 Å². The summed E-state index contributed by atoms with van der Waals surface area (Å²) in [7, 11) is 0. The first kappa shape index (κ1) is 20.2. The van der Waals surface area contributed by atoms with E-state index in [1.165, 1.54) is 12.1 Å². The number of anilines is 2. The molecule has 148 valence electrons. The Hall–Kier alpha value is -2.54. The van der Waals surface area contributed by atoms with Crippen LogP contribution in [0, 0.1) is 5.82 Å². The molecule has 0 aromatic heterocycles. The zero-order chi connectivity index (χ0) is 20.1. The van der Waals surface area contributed by atoms with Gasteiger partial charge in [-0.25, -0.2) is 4.39 Å². The fraction of sp³-hybridized carbons (Fsp3) is 0.333. The van der Waals surface area contributed by atoms with Crippen molar-refractivity contribution < 1.29 is 14.0 Å². The van der Waals surface area contributed by atoms with Crippen molar-refractivity contribution in [1.29, 1.82) is 0 Å². The highest BCUT2D eigenvalue weighted by atomic mass is 32.2. The van der Waals surface area contributed by atoms with Crippen LogP contribution in [0.1, 0.15) is 36.2 Å². The van der Waals surface area contributed by atoms with Gasteiger partial charge in [0.2, 0.25) is 5.91 Å². The third kappa shape index (κ3) is 5.04. The molecule has 2 amide bonds. The Morgan fingerprint density at radius 1 is 1.25 bits per heavy atom. The second-order valence-electron chi connectivity index (χ2n) is 6.87. The van der Waals surface area contributed by atoms with Gasteiger partial charge in [-0.3, -0.25) is 9.59 Å². The quantitative estimate of drug-likeness (QED) is 0.655. The summed E-state index contributed by atoms with van der Waals surface area (Å²) in [5.74, 6) is 0.634. The Bertz CT molecular complexity index is 874. The molecule has 0 saturated carbocycles. The maximum atomic E-state index is 13.2. The van der Waals surface area contributed by atoms with E-state index in [-0.39, 0.29) is 29.7 Å². The lowest BCUT2D eigenvalue weighted by Crippen LogP contribution is -2.40. The first-order valence-electron chi connectivity index (χ1n) is 9.30. The average Bonchev–Trinajstić information content (AvgIpc) is 2.68. The minimum Gasteiger partial charge on any atom is -0.371 e. The van der Waals surface area contributed by atoms with E-state index in [9.17, 15) is 14.0 Å². The molecule has 2 aromatic rings. The van der Waals surface area contributed by atoms with E-state index in [2.05, 4.69) is 16.0 Å². The molecule has 0 fully saturated rings. The zero-order valence-corrected chi connectivity index (χ0v) is 16.7. The predicted molar refractivity (Wildman–Crippen MR) is 112 cm³/mol. The van der Waals surface area contributed by atoms with Crippen LogP contribution in [0.5, 0.6) is 0 Å². The van der Waals surface area contributed by atoms with Gasteiger partial charge in [0.25, 0.3) is 5.91 Å². The van der Waals surface area contributed by atoms with Crippen molar-refractivity contribution in [3.05, 3.63) is 59.4 Å². The van der Waals surface area contributed by atoms with Crippen LogP contribution < -0.4 is 16.0 Å². The van der Waals surface area contributed by atoms with E-state index in [0.717, 1.165) is 17.7 Å². The third-order valence-electron chi connectivity index (χ3n) is 4.62. The molecule has 28 heavy (non-hydrogen) atoms. The van der Waals surface area contributed by atoms with Gasteiger partial charge in [0.1, 0.15) is 11.9 Å². The van der Waals surface area contributed by atoms with Gasteiger partial charge in [-0.2, -0.15) is 11.8 Å². The summed E-state index contributed by atoms with van der Waals surface area (Å²) in [6.45, 7) is 3.96. The van der Waals surface area contributed by atoms with Crippen LogP contribution >= 0.6 is 11.8 Å². The van der Waals surface area contributed by atoms with E-state index in [1.54, 1.807) is 30.0 Å². The number of carbonyl (C=O) groups excluding carboxylic acids is 2. The maximum absolute atomic E-state index is 13.2. The highest BCUT2D eigenvalue weighted by Crippen LogP contribution is 2.29. The SMILES string of the molecule is CCC(C)NC(=O)c1ccc2c(c1)NC(=O)C(CSCc1cccc(F)c1)N2. The number of rotatable bonds is 7. The molecule has 0 radical (unpaired) electrons. The fourth-order valence-electron chi connectivity index (χ4n) is 2.84. The summed E-state index contributed by atoms with van der Waals surface area (Å²) < 4.78 is 13.2. The molecule has 1 heterocycles. The Morgan fingerprint density at radius 3 is 2.82 bits per heavy atom. The molecule has 5 nitrogen and oxygen atoms in total. The number of amides is 2. The lowest BCUT2D eigenvalue weighted by molar-refractivity contribution is -0.116. The third-order valence-corrected chi connectivity index (χ3v) is 5.72. The van der Waals surface area contributed by atoms with Crippen LogP contribution in [0.2, 0.25) is 0 Å². The minimum absolute atomic E-state index is 0.0933. The van der Waals surface area contributed by atoms with Gasteiger partial charge in [-0.15, -0.1) is 0 Å². The van der Waals surface area contributed by atoms with Gasteiger partial charge in [0.15, 0.2) is 0 Å². The molecule has 1 aliphatic heterocycles. The van der Waals surface area contributed by atoms with Crippen molar-refractivity contribution in [2.75, 3.05) is 16.4 Å². The smallest absolute Gasteiger partial charge is 0.251 e. The monoisotopic (exact) mass is 401 g/mol. The number of fused-ring (bicyclic) bond motifs is 1. The first-order chi connectivity index (χ1) is 13.5. The number of hydrogen-bond acceptors (Lipinski definition) is 4. The molecule has 3 N–H and O–H groups in total. The van der Waals surface area contributed by atoms with Gasteiger partial charge < -0.3 is 16.0 Å². The highest BCUT2D eigenvalue weighted by Gasteiger charge is 2.26. The van der Waals surface area contributed by atoms with E-state index >= 15 is 0 Å². The normalized spacial score (nSPS) is 16.5. The molecule has 0 bridgehead atoms. The fourth-order valence-corrected chi connectivity index (χ4v) is 3.84. The van der Waals surface area contributed by atoms with Gasteiger partial charge in [-0.1, -0.05) is 19.1 Å². The van der Waals surface area contributed by atoms with Gasteiger partial charge in [0.05, 0.1) is 11.4 Å². The average molecular weight is 402 g/mol. The second-order valence-corrected chi connectivity index (χ2v) is 7.90. The molecular weight excluding hydrogens is 377 g/mol. The molecule has 2 aromatic carbocycles. The lowest BCUT2D eigenvalue weighted by Gasteiger charge is -2.27. The molecule has 3 rings (SSSR count).